The van der Waals surface area contributed by atoms with Crippen LogP contribution in [-0.2, 0) is 5.60 Å². The summed E-state index contributed by atoms with van der Waals surface area (Å²) < 4.78 is 29.7. The minimum Gasteiger partial charge on any atom is -0.386 e. The van der Waals surface area contributed by atoms with Gasteiger partial charge in [-0.2, -0.15) is 0 Å². The molecule has 1 aliphatic rings. The summed E-state index contributed by atoms with van der Waals surface area (Å²) in [7, 11) is 0. The molecule has 0 saturated heterocycles. The van der Waals surface area contributed by atoms with E-state index in [2.05, 4.69) is 9.97 Å². The third kappa shape index (κ3) is 2.47. The molecule has 4 rings (SSSR count). The Morgan fingerprint density at radius 2 is 1.92 bits per heavy atom. The highest BCUT2D eigenvalue weighted by Crippen LogP contribution is 2.42. The van der Waals surface area contributed by atoms with Gasteiger partial charge in [0.25, 0.3) is 0 Å². The van der Waals surface area contributed by atoms with E-state index in [1.807, 2.05) is 4.57 Å². The summed E-state index contributed by atoms with van der Waals surface area (Å²) in [5, 5.41) is 10.2. The first-order valence-corrected chi connectivity index (χ1v) is 7.90. The van der Waals surface area contributed by atoms with E-state index >= 15 is 0 Å². The maximum absolute atomic E-state index is 14.3. The molecule has 0 unspecified atom stereocenters. The minimum absolute atomic E-state index is 0.163. The molecule has 0 spiro atoms. The van der Waals surface area contributed by atoms with Crippen molar-refractivity contribution in [2.75, 3.05) is 0 Å². The third-order valence-corrected chi connectivity index (χ3v) is 4.32. The molecule has 3 aromatic rings. The van der Waals surface area contributed by atoms with Crippen LogP contribution in [0.1, 0.15) is 38.3 Å². The Hall–Kier alpha value is -2.34. The summed E-state index contributed by atoms with van der Waals surface area (Å²) in [4.78, 5) is 8.63. The molecule has 1 aromatic carbocycles. The molecular weight excluding hydrogens is 312 g/mol. The largest absolute Gasteiger partial charge is 0.386 e. The number of rotatable bonds is 3. The van der Waals surface area contributed by atoms with Crippen molar-refractivity contribution >= 4 is 11.0 Å². The zero-order valence-corrected chi connectivity index (χ0v) is 13.4. The van der Waals surface area contributed by atoms with Gasteiger partial charge in [0.15, 0.2) is 5.82 Å². The molecule has 0 aliphatic heterocycles. The fraction of sp³-hybridized carbons (Fsp3) is 0.333. The zero-order valence-electron chi connectivity index (χ0n) is 13.4. The van der Waals surface area contributed by atoms with Crippen molar-refractivity contribution in [3.8, 4) is 11.4 Å². The Kier molecular flexibility index (Phi) is 3.22. The molecule has 124 valence electrons. The van der Waals surface area contributed by atoms with Crippen LogP contribution in [0.3, 0.4) is 0 Å². The highest BCUT2D eigenvalue weighted by molar-refractivity contribution is 5.81. The summed E-state index contributed by atoms with van der Waals surface area (Å²) >= 11 is 0. The molecule has 0 bridgehead atoms. The van der Waals surface area contributed by atoms with Gasteiger partial charge in [-0.15, -0.1) is 0 Å². The topological polar surface area (TPSA) is 50.9 Å². The van der Waals surface area contributed by atoms with Crippen molar-refractivity contribution in [3.63, 3.8) is 0 Å². The van der Waals surface area contributed by atoms with Gasteiger partial charge in [0.05, 0.1) is 11.1 Å². The van der Waals surface area contributed by atoms with Crippen LogP contribution >= 0.6 is 0 Å². The number of hydrogen-bond acceptors (Lipinski definition) is 3. The minimum atomic E-state index is -1.04. The average Bonchev–Trinajstić information content (AvgIpc) is 3.27. The van der Waals surface area contributed by atoms with Crippen LogP contribution in [0.2, 0.25) is 0 Å². The van der Waals surface area contributed by atoms with Gasteiger partial charge >= 0.3 is 0 Å². The summed E-state index contributed by atoms with van der Waals surface area (Å²) in [6.45, 7) is 3.35. The molecule has 1 saturated carbocycles. The molecule has 0 atom stereocenters. The van der Waals surface area contributed by atoms with Gasteiger partial charge in [-0.1, -0.05) is 0 Å². The maximum atomic E-state index is 14.3. The lowest BCUT2D eigenvalue weighted by Crippen LogP contribution is -2.15. The molecule has 6 heteroatoms. The maximum Gasteiger partial charge on any atom is 0.152 e. The normalized spacial score (nSPS) is 15.2. The quantitative estimate of drug-likeness (QED) is 0.792. The number of aromatic nitrogens is 3. The predicted octanol–water partition coefficient (Wildman–Crippen LogP) is 3.94. The van der Waals surface area contributed by atoms with E-state index in [4.69, 9.17) is 0 Å². The van der Waals surface area contributed by atoms with Crippen molar-refractivity contribution < 1.29 is 13.9 Å². The van der Waals surface area contributed by atoms with Gasteiger partial charge in [-0.3, -0.25) is 4.98 Å². The van der Waals surface area contributed by atoms with E-state index in [1.165, 1.54) is 6.07 Å². The lowest BCUT2D eigenvalue weighted by Gasteiger charge is -2.18. The molecule has 0 radical (unpaired) electrons. The fourth-order valence-corrected chi connectivity index (χ4v) is 2.94. The van der Waals surface area contributed by atoms with E-state index in [9.17, 15) is 13.9 Å². The molecule has 2 aromatic heterocycles. The van der Waals surface area contributed by atoms with Crippen LogP contribution in [0.5, 0.6) is 0 Å². The first-order valence-electron chi connectivity index (χ1n) is 7.90. The standard InChI is InChI=1S/C18H17F2N3O/c1-18(2,24)11-5-10(8-21-9-11)17-22-15-7-12(19)6-14(20)16(15)23(17)13-3-4-13/h5-9,13,24H,3-4H2,1-2H3. The van der Waals surface area contributed by atoms with E-state index in [0.29, 0.717) is 28.0 Å². The van der Waals surface area contributed by atoms with Gasteiger partial charge < -0.3 is 9.67 Å². The lowest BCUT2D eigenvalue weighted by molar-refractivity contribution is 0.0783. The van der Waals surface area contributed by atoms with Crippen LogP contribution in [0, 0.1) is 11.6 Å². The third-order valence-electron chi connectivity index (χ3n) is 4.32. The first kappa shape index (κ1) is 15.2. The smallest absolute Gasteiger partial charge is 0.152 e. The Labute approximate surface area is 137 Å². The van der Waals surface area contributed by atoms with Crippen molar-refractivity contribution in [2.45, 2.75) is 38.3 Å². The molecule has 24 heavy (non-hydrogen) atoms. The lowest BCUT2D eigenvalue weighted by atomic mass is 9.99. The molecule has 1 fully saturated rings. The van der Waals surface area contributed by atoms with Crippen molar-refractivity contribution in [3.05, 3.63) is 47.8 Å². The van der Waals surface area contributed by atoms with E-state index in [1.54, 1.807) is 32.3 Å². The van der Waals surface area contributed by atoms with Crippen molar-refractivity contribution in [2.24, 2.45) is 0 Å². The van der Waals surface area contributed by atoms with Crippen molar-refractivity contribution in [1.29, 1.82) is 0 Å². The van der Waals surface area contributed by atoms with Gasteiger partial charge in [-0.05, 0) is 32.8 Å². The number of aliphatic hydroxyl groups is 1. The van der Waals surface area contributed by atoms with Crippen LogP contribution < -0.4 is 0 Å². The second kappa shape index (κ2) is 5.08. The Morgan fingerprint density at radius 3 is 2.58 bits per heavy atom. The second-order valence-corrected chi connectivity index (χ2v) is 6.81. The number of pyridine rings is 1. The van der Waals surface area contributed by atoms with Crippen LogP contribution in [-0.4, -0.2) is 19.6 Å². The van der Waals surface area contributed by atoms with E-state index in [-0.39, 0.29) is 6.04 Å². The Bertz CT molecular complexity index is 939. The summed E-state index contributed by atoms with van der Waals surface area (Å²) in [6.07, 6.45) is 5.10. The molecule has 0 amide bonds. The van der Waals surface area contributed by atoms with E-state index in [0.717, 1.165) is 18.9 Å². The fourth-order valence-electron chi connectivity index (χ4n) is 2.94. The number of fused-ring (bicyclic) bond motifs is 1. The van der Waals surface area contributed by atoms with Gasteiger partial charge in [0.2, 0.25) is 0 Å². The Balaban J connectivity index is 1.97. The average molecular weight is 329 g/mol. The summed E-state index contributed by atoms with van der Waals surface area (Å²) in [5.41, 5.74) is 0.890. The van der Waals surface area contributed by atoms with Gasteiger partial charge in [-0.25, -0.2) is 13.8 Å². The zero-order chi connectivity index (χ0) is 17.1. The number of imidazole rings is 1. The van der Waals surface area contributed by atoms with Crippen LogP contribution in [0.15, 0.2) is 30.6 Å². The second-order valence-electron chi connectivity index (χ2n) is 6.81. The van der Waals surface area contributed by atoms with Gasteiger partial charge in [0.1, 0.15) is 17.2 Å². The predicted molar refractivity (Wildman–Crippen MR) is 86.4 cm³/mol. The highest BCUT2D eigenvalue weighted by atomic mass is 19.1. The number of hydrogen-bond donors (Lipinski definition) is 1. The molecule has 1 aliphatic carbocycles. The number of halogens is 2. The molecule has 1 N–H and O–H groups in total. The SMILES string of the molecule is CC(C)(O)c1cncc(-c2nc3cc(F)cc(F)c3n2C2CC2)c1. The summed E-state index contributed by atoms with van der Waals surface area (Å²) in [6, 6.07) is 4.09. The summed E-state index contributed by atoms with van der Waals surface area (Å²) in [5.74, 6) is -0.701. The first-order chi connectivity index (χ1) is 11.3. The van der Waals surface area contributed by atoms with Gasteiger partial charge in [0, 0.05) is 41.7 Å². The number of benzene rings is 1. The molecule has 2 heterocycles. The van der Waals surface area contributed by atoms with Crippen molar-refractivity contribution in [1.82, 2.24) is 14.5 Å². The van der Waals surface area contributed by atoms with Crippen LogP contribution in [0.4, 0.5) is 8.78 Å². The van der Waals surface area contributed by atoms with Crippen LogP contribution in [0.25, 0.3) is 22.4 Å². The number of nitrogens with zero attached hydrogens (tertiary/aromatic N) is 3. The Morgan fingerprint density at radius 1 is 1.17 bits per heavy atom. The molecule has 4 nitrogen and oxygen atoms in total. The monoisotopic (exact) mass is 329 g/mol. The highest BCUT2D eigenvalue weighted by Gasteiger charge is 2.31. The van der Waals surface area contributed by atoms with E-state index < -0.39 is 17.2 Å². The molecular formula is C18H17F2N3O.